The summed E-state index contributed by atoms with van der Waals surface area (Å²) in [6.45, 7) is 10.1. The smallest absolute Gasteiger partial charge is 0.411 e. The Morgan fingerprint density at radius 1 is 1.33 bits per heavy atom. The van der Waals surface area contributed by atoms with Gasteiger partial charge < -0.3 is 9.47 Å². The molecule has 0 radical (unpaired) electrons. The molecule has 0 aromatic carbocycles. The van der Waals surface area contributed by atoms with Crippen LogP contribution in [0.15, 0.2) is 0 Å². The van der Waals surface area contributed by atoms with Crippen molar-refractivity contribution >= 4 is 12.1 Å². The van der Waals surface area contributed by atoms with E-state index in [-0.39, 0.29) is 11.9 Å². The number of carbonyl (C=O) groups is 2. The van der Waals surface area contributed by atoms with Gasteiger partial charge in [0.25, 0.3) is 0 Å². The van der Waals surface area contributed by atoms with E-state index in [1.807, 2.05) is 27.7 Å². The average Bonchev–Trinajstić information content (AvgIpc) is 2.58. The number of amides is 1. The van der Waals surface area contributed by atoms with Crippen molar-refractivity contribution in [1.29, 1.82) is 0 Å². The molecule has 104 valence electrons. The van der Waals surface area contributed by atoms with E-state index in [4.69, 9.17) is 9.47 Å². The van der Waals surface area contributed by atoms with Crippen LogP contribution in [0.2, 0.25) is 0 Å². The molecule has 0 aliphatic carbocycles. The maximum atomic E-state index is 12.0. The molecule has 1 fully saturated rings. The molecule has 1 aliphatic heterocycles. The van der Waals surface area contributed by atoms with Crippen molar-refractivity contribution in [3.05, 3.63) is 0 Å². The fourth-order valence-electron chi connectivity index (χ4n) is 2.03. The van der Waals surface area contributed by atoms with E-state index >= 15 is 0 Å². The summed E-state index contributed by atoms with van der Waals surface area (Å²) < 4.78 is 10.3. The van der Waals surface area contributed by atoms with Gasteiger partial charge in [0, 0.05) is 6.54 Å². The predicted molar refractivity (Wildman–Crippen MR) is 67.1 cm³/mol. The quantitative estimate of drug-likeness (QED) is 0.712. The van der Waals surface area contributed by atoms with Gasteiger partial charge in [-0.05, 0) is 40.0 Å². The van der Waals surface area contributed by atoms with Crippen LogP contribution in [0, 0.1) is 5.92 Å². The SMILES string of the molecule is CCOC(=O)[C@@H]1C[C@H](C)CN1C(=O)OC(C)(C)C. The first kappa shape index (κ1) is 14.8. The van der Waals surface area contributed by atoms with Crippen LogP contribution >= 0.6 is 0 Å². The minimum absolute atomic E-state index is 0.284. The third-order valence-corrected chi connectivity index (χ3v) is 2.70. The molecule has 0 N–H and O–H groups in total. The highest BCUT2D eigenvalue weighted by atomic mass is 16.6. The van der Waals surface area contributed by atoms with E-state index in [1.54, 1.807) is 6.92 Å². The van der Waals surface area contributed by atoms with Gasteiger partial charge in [-0.25, -0.2) is 9.59 Å². The molecule has 0 bridgehead atoms. The Kier molecular flexibility index (Phi) is 4.59. The molecule has 1 amide bonds. The van der Waals surface area contributed by atoms with Crippen molar-refractivity contribution in [2.45, 2.75) is 52.7 Å². The van der Waals surface area contributed by atoms with Gasteiger partial charge in [-0.3, -0.25) is 4.90 Å². The third kappa shape index (κ3) is 3.89. The van der Waals surface area contributed by atoms with Crippen molar-refractivity contribution in [3.8, 4) is 0 Å². The van der Waals surface area contributed by atoms with Crippen LogP contribution in [0.4, 0.5) is 4.79 Å². The number of carbonyl (C=O) groups excluding carboxylic acids is 2. The fraction of sp³-hybridized carbons (Fsp3) is 0.846. The maximum absolute atomic E-state index is 12.0. The van der Waals surface area contributed by atoms with Crippen molar-refractivity contribution in [3.63, 3.8) is 0 Å². The second-order valence-corrected chi connectivity index (χ2v) is 5.74. The summed E-state index contributed by atoms with van der Waals surface area (Å²) in [4.78, 5) is 25.3. The number of hydrogen-bond acceptors (Lipinski definition) is 4. The summed E-state index contributed by atoms with van der Waals surface area (Å²) in [7, 11) is 0. The van der Waals surface area contributed by atoms with Gasteiger partial charge in [-0.2, -0.15) is 0 Å². The van der Waals surface area contributed by atoms with Crippen molar-refractivity contribution in [2.75, 3.05) is 13.2 Å². The average molecular weight is 257 g/mol. The Morgan fingerprint density at radius 3 is 2.44 bits per heavy atom. The maximum Gasteiger partial charge on any atom is 0.411 e. The Morgan fingerprint density at radius 2 is 1.94 bits per heavy atom. The molecule has 0 aromatic heterocycles. The van der Waals surface area contributed by atoms with Gasteiger partial charge in [0.05, 0.1) is 6.61 Å². The molecule has 5 nitrogen and oxygen atoms in total. The minimum atomic E-state index is -0.553. The third-order valence-electron chi connectivity index (χ3n) is 2.70. The van der Waals surface area contributed by atoms with E-state index in [1.165, 1.54) is 4.90 Å². The van der Waals surface area contributed by atoms with Gasteiger partial charge in [-0.15, -0.1) is 0 Å². The molecule has 2 atom stereocenters. The Bertz CT molecular complexity index is 321. The molecule has 1 rings (SSSR count). The molecule has 1 heterocycles. The number of esters is 1. The lowest BCUT2D eigenvalue weighted by molar-refractivity contribution is -0.148. The lowest BCUT2D eigenvalue weighted by Gasteiger charge is -2.27. The van der Waals surface area contributed by atoms with E-state index in [0.717, 1.165) is 0 Å². The highest BCUT2D eigenvalue weighted by Crippen LogP contribution is 2.25. The van der Waals surface area contributed by atoms with Crippen LogP contribution in [-0.4, -0.2) is 41.8 Å². The predicted octanol–water partition coefficient (Wildman–Crippen LogP) is 2.20. The number of hydrogen-bond donors (Lipinski definition) is 0. The number of rotatable bonds is 2. The molecular formula is C13H23NO4. The van der Waals surface area contributed by atoms with Gasteiger partial charge in [0.15, 0.2) is 0 Å². The first-order valence-electron chi connectivity index (χ1n) is 6.41. The van der Waals surface area contributed by atoms with Crippen LogP contribution in [0.3, 0.4) is 0 Å². The molecule has 5 heteroatoms. The van der Waals surface area contributed by atoms with Crippen LogP contribution in [-0.2, 0) is 14.3 Å². The van der Waals surface area contributed by atoms with Gasteiger partial charge in [-0.1, -0.05) is 6.92 Å². The van der Waals surface area contributed by atoms with Crippen LogP contribution in [0.1, 0.15) is 41.0 Å². The van der Waals surface area contributed by atoms with Crippen LogP contribution in [0.5, 0.6) is 0 Å². The van der Waals surface area contributed by atoms with Crippen LogP contribution < -0.4 is 0 Å². The first-order chi connectivity index (χ1) is 8.24. The number of ether oxygens (including phenoxy) is 2. The number of nitrogens with zero attached hydrogens (tertiary/aromatic N) is 1. The Labute approximate surface area is 108 Å². The molecule has 0 saturated carbocycles. The van der Waals surface area contributed by atoms with Crippen molar-refractivity contribution < 1.29 is 19.1 Å². The van der Waals surface area contributed by atoms with Gasteiger partial charge in [0.2, 0.25) is 0 Å². The van der Waals surface area contributed by atoms with Gasteiger partial charge in [0.1, 0.15) is 11.6 Å². The molecule has 0 unspecified atom stereocenters. The minimum Gasteiger partial charge on any atom is -0.464 e. The summed E-state index contributed by atoms with van der Waals surface area (Å²) in [6.07, 6.45) is 0.197. The first-order valence-corrected chi connectivity index (χ1v) is 6.41. The summed E-state index contributed by atoms with van der Waals surface area (Å²) in [5, 5.41) is 0. The lowest BCUT2D eigenvalue weighted by Crippen LogP contribution is -2.44. The highest BCUT2D eigenvalue weighted by molar-refractivity contribution is 5.82. The lowest BCUT2D eigenvalue weighted by atomic mass is 10.1. The largest absolute Gasteiger partial charge is 0.464 e. The van der Waals surface area contributed by atoms with E-state index in [9.17, 15) is 9.59 Å². The second kappa shape index (κ2) is 5.59. The zero-order valence-electron chi connectivity index (χ0n) is 11.9. The normalized spacial score (nSPS) is 23.9. The van der Waals surface area contributed by atoms with E-state index < -0.39 is 17.7 Å². The second-order valence-electron chi connectivity index (χ2n) is 5.74. The molecule has 1 aliphatic rings. The summed E-state index contributed by atoms with van der Waals surface area (Å²) in [5.41, 5.74) is -0.553. The highest BCUT2D eigenvalue weighted by Gasteiger charge is 2.40. The summed E-state index contributed by atoms with van der Waals surface area (Å²) in [6, 6.07) is -0.505. The topological polar surface area (TPSA) is 55.8 Å². The van der Waals surface area contributed by atoms with Crippen molar-refractivity contribution in [2.24, 2.45) is 5.92 Å². The summed E-state index contributed by atoms with van der Waals surface area (Å²) in [5.74, 6) is -0.0559. The zero-order valence-corrected chi connectivity index (χ0v) is 11.9. The van der Waals surface area contributed by atoms with E-state index in [2.05, 4.69) is 0 Å². The molecule has 0 aromatic rings. The Balaban J connectivity index is 2.72. The number of likely N-dealkylation sites (tertiary alicyclic amines) is 1. The zero-order chi connectivity index (χ0) is 13.9. The molecular weight excluding hydrogens is 234 g/mol. The van der Waals surface area contributed by atoms with Crippen LogP contribution in [0.25, 0.3) is 0 Å². The molecule has 18 heavy (non-hydrogen) atoms. The van der Waals surface area contributed by atoms with Gasteiger partial charge >= 0.3 is 12.1 Å². The summed E-state index contributed by atoms with van der Waals surface area (Å²) >= 11 is 0. The van der Waals surface area contributed by atoms with E-state index in [0.29, 0.717) is 19.6 Å². The van der Waals surface area contributed by atoms with Crippen molar-refractivity contribution in [1.82, 2.24) is 4.90 Å². The molecule has 1 saturated heterocycles. The monoisotopic (exact) mass is 257 g/mol. The Hall–Kier alpha value is -1.26. The standard InChI is InChI=1S/C13H23NO4/c1-6-17-11(15)10-7-9(2)8-14(10)12(16)18-13(3,4)5/h9-10H,6-8H2,1-5H3/t9-,10-/m0/s1. The fourth-order valence-corrected chi connectivity index (χ4v) is 2.03. The molecule has 0 spiro atoms.